The summed E-state index contributed by atoms with van der Waals surface area (Å²) >= 11 is 0. The highest BCUT2D eigenvalue weighted by Gasteiger charge is 2.46. The number of allylic oxidation sites excluding steroid dienone is 4. The summed E-state index contributed by atoms with van der Waals surface area (Å²) in [6.45, 7) is 8.96. The van der Waals surface area contributed by atoms with Gasteiger partial charge in [0.1, 0.15) is 0 Å². The summed E-state index contributed by atoms with van der Waals surface area (Å²) in [5.74, 6) is 1.09. The normalized spacial score (nSPS) is 38.4. The van der Waals surface area contributed by atoms with Crippen molar-refractivity contribution in [1.82, 2.24) is 16.0 Å². The smallest absolute Gasteiger partial charge is 0.0523 e. The van der Waals surface area contributed by atoms with Crippen molar-refractivity contribution in [2.75, 3.05) is 0 Å². The molecule has 0 saturated heterocycles. The molecule has 5 atom stereocenters. The van der Waals surface area contributed by atoms with Gasteiger partial charge in [-0.1, -0.05) is 30.7 Å². The van der Waals surface area contributed by atoms with E-state index in [1.807, 2.05) is 0 Å². The zero-order chi connectivity index (χ0) is 16.1. The number of hydrogen-bond donors (Lipinski definition) is 3. The van der Waals surface area contributed by atoms with Crippen LogP contribution in [0.15, 0.2) is 46.5 Å². The second-order valence-corrected chi connectivity index (χ2v) is 7.69. The van der Waals surface area contributed by atoms with E-state index in [1.54, 1.807) is 5.57 Å². The maximum atomic E-state index is 3.98. The minimum absolute atomic E-state index is 0.420. The Balaban J connectivity index is 1.69. The van der Waals surface area contributed by atoms with Gasteiger partial charge in [-0.15, -0.1) is 0 Å². The van der Waals surface area contributed by atoms with E-state index in [0.717, 1.165) is 6.42 Å². The highest BCUT2D eigenvalue weighted by Crippen LogP contribution is 2.43. The maximum absolute atomic E-state index is 3.98. The molecule has 0 aromatic heterocycles. The van der Waals surface area contributed by atoms with Gasteiger partial charge < -0.3 is 16.0 Å². The topological polar surface area (TPSA) is 36.1 Å². The first kappa shape index (κ1) is 15.1. The van der Waals surface area contributed by atoms with Crippen LogP contribution in [-0.2, 0) is 0 Å². The summed E-state index contributed by atoms with van der Waals surface area (Å²) in [5.41, 5.74) is 7.21. The van der Waals surface area contributed by atoms with E-state index in [1.165, 1.54) is 35.5 Å². The third-order valence-electron chi connectivity index (χ3n) is 5.95. The van der Waals surface area contributed by atoms with Crippen LogP contribution in [-0.4, -0.2) is 18.1 Å². The Morgan fingerprint density at radius 3 is 2.65 bits per heavy atom. The van der Waals surface area contributed by atoms with Crippen molar-refractivity contribution >= 4 is 0 Å². The molecule has 3 N–H and O–H groups in total. The summed E-state index contributed by atoms with van der Waals surface area (Å²) in [6.07, 6.45) is 10.9. The molecule has 5 unspecified atom stereocenters. The van der Waals surface area contributed by atoms with E-state index >= 15 is 0 Å². The minimum Gasteiger partial charge on any atom is -0.384 e. The molecule has 3 nitrogen and oxygen atoms in total. The Labute approximate surface area is 140 Å². The zero-order valence-corrected chi connectivity index (χ0v) is 14.7. The van der Waals surface area contributed by atoms with Crippen molar-refractivity contribution < 1.29 is 0 Å². The van der Waals surface area contributed by atoms with Crippen molar-refractivity contribution in [3.05, 3.63) is 46.5 Å². The van der Waals surface area contributed by atoms with Crippen LogP contribution in [0.1, 0.15) is 47.0 Å². The van der Waals surface area contributed by atoms with Gasteiger partial charge in [-0.25, -0.2) is 0 Å². The summed E-state index contributed by atoms with van der Waals surface area (Å²) in [6, 6.07) is 1.43. The lowest BCUT2D eigenvalue weighted by atomic mass is 9.73. The average Bonchev–Trinajstić information content (AvgIpc) is 3.17. The lowest BCUT2D eigenvalue weighted by molar-refractivity contribution is 0.300. The molecule has 0 aromatic rings. The predicted molar refractivity (Wildman–Crippen MR) is 95.6 cm³/mol. The third-order valence-corrected chi connectivity index (χ3v) is 5.95. The van der Waals surface area contributed by atoms with Gasteiger partial charge in [-0.05, 0) is 45.6 Å². The fourth-order valence-corrected chi connectivity index (χ4v) is 4.97. The molecule has 0 spiro atoms. The lowest BCUT2D eigenvalue weighted by Crippen LogP contribution is -2.56. The summed E-state index contributed by atoms with van der Waals surface area (Å²) in [4.78, 5) is 0. The van der Waals surface area contributed by atoms with Crippen LogP contribution in [0, 0.1) is 11.8 Å². The fourth-order valence-electron chi connectivity index (χ4n) is 4.97. The molecule has 3 heteroatoms. The molecule has 4 rings (SSSR count). The van der Waals surface area contributed by atoms with Gasteiger partial charge in [0.25, 0.3) is 0 Å². The first-order chi connectivity index (χ1) is 11.1. The van der Waals surface area contributed by atoms with E-state index < -0.39 is 0 Å². The molecule has 2 heterocycles. The molecular weight excluding hydrogens is 282 g/mol. The Morgan fingerprint density at radius 2 is 1.96 bits per heavy atom. The van der Waals surface area contributed by atoms with Gasteiger partial charge in [0.05, 0.1) is 12.1 Å². The predicted octanol–water partition coefficient (Wildman–Crippen LogP) is 3.35. The fraction of sp³-hybridized carbons (Fsp3) is 0.600. The van der Waals surface area contributed by atoms with Crippen LogP contribution < -0.4 is 16.0 Å². The monoisotopic (exact) mass is 311 g/mol. The van der Waals surface area contributed by atoms with Crippen LogP contribution in [0.5, 0.6) is 0 Å². The number of rotatable bonds is 3. The van der Waals surface area contributed by atoms with Crippen molar-refractivity contribution in [3.8, 4) is 0 Å². The molecule has 0 amide bonds. The van der Waals surface area contributed by atoms with E-state index in [9.17, 15) is 0 Å². The standard InChI is InChI=1S/C20H29N3/c1-5-15-18-16(9-12(3)21-18)17-10-13(4)22-20(17)19(15)23-14-7-6-11(2)8-14/h8-10,14,16-17,19-23H,5-7H2,1-4H3. The van der Waals surface area contributed by atoms with E-state index in [2.05, 4.69) is 61.9 Å². The van der Waals surface area contributed by atoms with Crippen LogP contribution in [0.25, 0.3) is 0 Å². The SMILES string of the molecule is CCC1=C2NC(C)=CC2C2C=C(C)NC2C1NC1C=C(C)CC1. The third kappa shape index (κ3) is 2.46. The number of hydrogen-bond acceptors (Lipinski definition) is 3. The molecule has 0 aromatic carbocycles. The quantitative estimate of drug-likeness (QED) is 0.700. The Kier molecular flexibility index (Phi) is 3.64. The molecule has 0 bridgehead atoms. The Hall–Kier alpha value is -1.48. The van der Waals surface area contributed by atoms with E-state index in [0.29, 0.717) is 30.0 Å². The van der Waals surface area contributed by atoms with Gasteiger partial charge in [-0.2, -0.15) is 0 Å². The molecule has 124 valence electrons. The van der Waals surface area contributed by atoms with Crippen LogP contribution >= 0.6 is 0 Å². The molecule has 2 aliphatic carbocycles. The van der Waals surface area contributed by atoms with Crippen molar-refractivity contribution in [2.24, 2.45) is 11.8 Å². The first-order valence-electron chi connectivity index (χ1n) is 9.13. The summed E-state index contributed by atoms with van der Waals surface area (Å²) < 4.78 is 0. The molecule has 0 radical (unpaired) electrons. The molecule has 4 aliphatic rings. The first-order valence-corrected chi connectivity index (χ1v) is 9.13. The number of nitrogens with one attached hydrogen (secondary N) is 3. The molecule has 0 fully saturated rings. The van der Waals surface area contributed by atoms with Gasteiger partial charge in [-0.3, -0.25) is 0 Å². The summed E-state index contributed by atoms with van der Waals surface area (Å²) in [5, 5.41) is 11.4. The average molecular weight is 311 g/mol. The largest absolute Gasteiger partial charge is 0.384 e. The second kappa shape index (κ2) is 5.55. The van der Waals surface area contributed by atoms with Crippen molar-refractivity contribution in [2.45, 2.75) is 65.1 Å². The molecule has 23 heavy (non-hydrogen) atoms. The number of fused-ring (bicyclic) bond motifs is 3. The Morgan fingerprint density at radius 1 is 1.13 bits per heavy atom. The van der Waals surface area contributed by atoms with Crippen molar-refractivity contribution in [1.29, 1.82) is 0 Å². The highest BCUT2D eigenvalue weighted by molar-refractivity contribution is 5.42. The van der Waals surface area contributed by atoms with E-state index in [-0.39, 0.29) is 0 Å². The zero-order valence-electron chi connectivity index (χ0n) is 14.7. The Bertz CT molecular complexity index is 637. The van der Waals surface area contributed by atoms with Gasteiger partial charge in [0.2, 0.25) is 0 Å². The summed E-state index contributed by atoms with van der Waals surface area (Å²) in [7, 11) is 0. The van der Waals surface area contributed by atoms with E-state index in [4.69, 9.17) is 0 Å². The minimum atomic E-state index is 0.420. The van der Waals surface area contributed by atoms with Gasteiger partial charge in [0, 0.05) is 35.0 Å². The molecule has 2 aliphatic heterocycles. The second-order valence-electron chi connectivity index (χ2n) is 7.69. The molecular formula is C20H29N3. The van der Waals surface area contributed by atoms with Crippen molar-refractivity contribution in [3.63, 3.8) is 0 Å². The van der Waals surface area contributed by atoms with Crippen LogP contribution in [0.3, 0.4) is 0 Å². The van der Waals surface area contributed by atoms with Crippen LogP contribution in [0.4, 0.5) is 0 Å². The van der Waals surface area contributed by atoms with Crippen LogP contribution in [0.2, 0.25) is 0 Å². The maximum Gasteiger partial charge on any atom is 0.0523 e. The van der Waals surface area contributed by atoms with Gasteiger partial charge in [0.15, 0.2) is 0 Å². The highest BCUT2D eigenvalue weighted by atomic mass is 15.1. The lowest BCUT2D eigenvalue weighted by Gasteiger charge is -2.41. The van der Waals surface area contributed by atoms with Gasteiger partial charge >= 0.3 is 0 Å². The molecule has 0 saturated carbocycles.